The Morgan fingerprint density at radius 3 is 2.94 bits per heavy atom. The highest BCUT2D eigenvalue weighted by Gasteiger charge is 2.35. The molecule has 31 heavy (non-hydrogen) atoms. The Balaban J connectivity index is 1.73. The van der Waals surface area contributed by atoms with E-state index in [2.05, 4.69) is 28.3 Å². The summed E-state index contributed by atoms with van der Waals surface area (Å²) in [5.74, 6) is 2.76. The van der Waals surface area contributed by atoms with E-state index in [1.165, 1.54) is 11.8 Å². The normalized spacial score (nSPS) is 16.9. The van der Waals surface area contributed by atoms with E-state index in [-0.39, 0.29) is 12.0 Å². The van der Waals surface area contributed by atoms with Gasteiger partial charge in [-0.2, -0.15) is 0 Å². The molecule has 0 saturated heterocycles. The summed E-state index contributed by atoms with van der Waals surface area (Å²) < 4.78 is 5.97. The largest absolute Gasteiger partial charge is 0.470 e. The fourth-order valence-electron chi connectivity index (χ4n) is 3.37. The third-order valence-electron chi connectivity index (χ3n) is 5.05. The molecule has 1 aromatic carbocycles. The summed E-state index contributed by atoms with van der Waals surface area (Å²) in [4.78, 5) is 22.8. The van der Waals surface area contributed by atoms with Crippen LogP contribution in [0.2, 0.25) is 5.02 Å². The van der Waals surface area contributed by atoms with Crippen LogP contribution >= 0.6 is 23.4 Å². The molecule has 0 radical (unpaired) electrons. The number of rotatable bonds is 8. The highest BCUT2D eigenvalue weighted by Crippen LogP contribution is 2.30. The van der Waals surface area contributed by atoms with Crippen LogP contribution in [0.1, 0.15) is 45.6 Å². The van der Waals surface area contributed by atoms with Gasteiger partial charge in [0.15, 0.2) is 0 Å². The van der Waals surface area contributed by atoms with E-state index >= 15 is 0 Å². The van der Waals surface area contributed by atoms with Gasteiger partial charge in [0.2, 0.25) is 5.44 Å². The number of benzene rings is 1. The Hall–Kier alpha value is -2.43. The first-order valence-electron chi connectivity index (χ1n) is 10.1. The second kappa shape index (κ2) is 9.80. The van der Waals surface area contributed by atoms with Gasteiger partial charge in [-0.15, -0.1) is 18.2 Å². The molecule has 6 nitrogen and oxygen atoms in total. The first-order chi connectivity index (χ1) is 14.8. The first-order valence-corrected chi connectivity index (χ1v) is 11.7. The quantitative estimate of drug-likeness (QED) is 0.454. The summed E-state index contributed by atoms with van der Waals surface area (Å²) in [6.45, 7) is 5.94. The SMILES string of the molecule is C#Cc1cnc2c(Cl)cc(OC(SC)C(=O)NC(C)(C)C3=NOC(CCC)C3)cc2c1. The maximum atomic E-state index is 13.0. The number of fused-ring (bicyclic) bond motifs is 1. The molecule has 2 heterocycles. The first kappa shape index (κ1) is 23.2. The van der Waals surface area contributed by atoms with Crippen LogP contribution in [0.4, 0.5) is 0 Å². The maximum absolute atomic E-state index is 13.0. The van der Waals surface area contributed by atoms with Crippen molar-refractivity contribution >= 4 is 45.9 Å². The average Bonchev–Trinajstić information content (AvgIpc) is 3.21. The Morgan fingerprint density at radius 1 is 1.48 bits per heavy atom. The number of thioether (sulfide) groups is 1. The fourth-order valence-corrected chi connectivity index (χ4v) is 4.12. The number of carbonyl (C=O) groups excluding carboxylic acids is 1. The minimum atomic E-state index is -0.772. The van der Waals surface area contributed by atoms with E-state index in [9.17, 15) is 4.79 Å². The molecular formula is C23H26ClN3O3S. The van der Waals surface area contributed by atoms with E-state index in [1.807, 2.05) is 26.2 Å². The molecule has 8 heteroatoms. The van der Waals surface area contributed by atoms with E-state index < -0.39 is 11.0 Å². The number of oxime groups is 1. The van der Waals surface area contributed by atoms with Gasteiger partial charge in [-0.1, -0.05) is 36.0 Å². The van der Waals surface area contributed by atoms with Crippen molar-refractivity contribution in [2.24, 2.45) is 5.16 Å². The predicted octanol–water partition coefficient (Wildman–Crippen LogP) is 4.78. The molecule has 1 aromatic heterocycles. The number of carbonyl (C=O) groups is 1. The summed E-state index contributed by atoms with van der Waals surface area (Å²) in [5.41, 5.74) is 0.665. The van der Waals surface area contributed by atoms with Crippen molar-refractivity contribution in [1.82, 2.24) is 10.3 Å². The van der Waals surface area contributed by atoms with Crippen molar-refractivity contribution in [3.05, 3.63) is 35.0 Å². The Labute approximate surface area is 192 Å². The lowest BCUT2D eigenvalue weighted by molar-refractivity contribution is -0.125. The van der Waals surface area contributed by atoms with Gasteiger partial charge in [0.05, 0.1) is 21.8 Å². The highest BCUT2D eigenvalue weighted by atomic mass is 35.5. The summed E-state index contributed by atoms with van der Waals surface area (Å²) in [6.07, 6.45) is 11.6. The molecule has 164 valence electrons. The van der Waals surface area contributed by atoms with Crippen LogP contribution in [0.3, 0.4) is 0 Å². The van der Waals surface area contributed by atoms with Crippen LogP contribution in [-0.2, 0) is 9.63 Å². The van der Waals surface area contributed by atoms with E-state index in [0.717, 1.165) is 23.9 Å². The number of hydrogen-bond acceptors (Lipinski definition) is 6. The topological polar surface area (TPSA) is 72.8 Å². The molecular weight excluding hydrogens is 434 g/mol. The smallest absolute Gasteiger partial charge is 0.272 e. The third kappa shape index (κ3) is 5.44. The van der Waals surface area contributed by atoms with Crippen LogP contribution in [0, 0.1) is 12.3 Å². The third-order valence-corrected chi connectivity index (χ3v) is 6.08. The van der Waals surface area contributed by atoms with Crippen LogP contribution in [0.5, 0.6) is 5.75 Å². The van der Waals surface area contributed by atoms with Gasteiger partial charge in [0, 0.05) is 29.6 Å². The lowest BCUT2D eigenvalue weighted by Gasteiger charge is -2.28. The fraction of sp³-hybridized carbons (Fsp3) is 0.435. The number of nitrogens with zero attached hydrogens (tertiary/aromatic N) is 2. The van der Waals surface area contributed by atoms with Gasteiger partial charge >= 0.3 is 0 Å². The van der Waals surface area contributed by atoms with Gasteiger partial charge in [-0.05, 0) is 38.7 Å². The number of nitrogens with one attached hydrogen (secondary N) is 1. The number of halogens is 1. The molecule has 0 aliphatic carbocycles. The lowest BCUT2D eigenvalue weighted by atomic mass is 9.93. The molecule has 0 fully saturated rings. The van der Waals surface area contributed by atoms with E-state index in [0.29, 0.717) is 28.3 Å². The molecule has 2 unspecified atom stereocenters. The number of amides is 1. The van der Waals surface area contributed by atoms with Crippen LogP contribution in [0.15, 0.2) is 29.6 Å². The van der Waals surface area contributed by atoms with Gasteiger partial charge in [0.25, 0.3) is 5.91 Å². The van der Waals surface area contributed by atoms with Crippen molar-refractivity contribution in [3.8, 4) is 18.1 Å². The summed E-state index contributed by atoms with van der Waals surface area (Å²) in [6, 6.07) is 5.24. The second-order valence-electron chi connectivity index (χ2n) is 7.90. The van der Waals surface area contributed by atoms with Gasteiger partial charge in [-0.25, -0.2) is 0 Å². The molecule has 2 aromatic rings. The Morgan fingerprint density at radius 2 is 2.26 bits per heavy atom. The number of terminal acetylenes is 1. The zero-order valence-corrected chi connectivity index (χ0v) is 19.6. The van der Waals surface area contributed by atoms with Crippen LogP contribution in [-0.4, -0.2) is 39.9 Å². The van der Waals surface area contributed by atoms with Gasteiger partial charge < -0.3 is 14.9 Å². The standard InChI is InChI=1S/C23H26ClN3O3S/c1-6-8-16-12-19(27-30-16)23(3,4)26-21(28)22(31-5)29-17-10-15-9-14(7-2)13-25-20(15)18(24)11-17/h2,9-11,13,16,22H,6,8,12H2,1,3-5H3,(H,26,28). The second-order valence-corrected chi connectivity index (χ2v) is 9.21. The van der Waals surface area contributed by atoms with Gasteiger partial charge in [0.1, 0.15) is 11.9 Å². The summed E-state index contributed by atoms with van der Waals surface area (Å²) in [5, 5.41) is 8.42. The molecule has 3 rings (SSSR count). The highest BCUT2D eigenvalue weighted by molar-refractivity contribution is 7.99. The van der Waals surface area contributed by atoms with Gasteiger partial charge in [-0.3, -0.25) is 9.78 Å². The number of pyridine rings is 1. The Kier molecular flexibility index (Phi) is 7.34. The summed E-state index contributed by atoms with van der Waals surface area (Å²) >= 11 is 7.65. The van der Waals surface area contributed by atoms with Crippen molar-refractivity contribution < 1.29 is 14.4 Å². The molecule has 0 saturated carbocycles. The van der Waals surface area contributed by atoms with E-state index in [4.69, 9.17) is 27.6 Å². The number of ether oxygens (including phenoxy) is 1. The molecule has 1 amide bonds. The molecule has 1 N–H and O–H groups in total. The maximum Gasteiger partial charge on any atom is 0.272 e. The van der Waals surface area contributed by atoms with E-state index in [1.54, 1.807) is 18.3 Å². The lowest BCUT2D eigenvalue weighted by Crippen LogP contribution is -2.53. The minimum absolute atomic E-state index is 0.0741. The average molecular weight is 460 g/mol. The summed E-state index contributed by atoms with van der Waals surface area (Å²) in [7, 11) is 0. The van der Waals surface area contributed by atoms with Crippen molar-refractivity contribution in [2.75, 3.05) is 6.26 Å². The van der Waals surface area contributed by atoms with Crippen LogP contribution < -0.4 is 10.1 Å². The number of hydrogen-bond donors (Lipinski definition) is 1. The zero-order valence-electron chi connectivity index (χ0n) is 18.1. The monoisotopic (exact) mass is 459 g/mol. The Bertz CT molecular complexity index is 1050. The number of aromatic nitrogens is 1. The molecule has 0 spiro atoms. The van der Waals surface area contributed by atoms with Crippen LogP contribution in [0.25, 0.3) is 10.9 Å². The van der Waals surface area contributed by atoms with Crippen molar-refractivity contribution in [3.63, 3.8) is 0 Å². The zero-order chi connectivity index (χ0) is 22.6. The predicted molar refractivity (Wildman–Crippen MR) is 127 cm³/mol. The molecule has 1 aliphatic heterocycles. The molecule has 1 aliphatic rings. The van der Waals surface area contributed by atoms with Crippen molar-refractivity contribution in [1.29, 1.82) is 0 Å². The van der Waals surface area contributed by atoms with Crippen molar-refractivity contribution in [2.45, 2.75) is 57.1 Å². The molecule has 0 bridgehead atoms. The minimum Gasteiger partial charge on any atom is -0.470 e. The molecule has 2 atom stereocenters.